The van der Waals surface area contributed by atoms with E-state index in [4.69, 9.17) is 10.7 Å². The summed E-state index contributed by atoms with van der Waals surface area (Å²) in [7, 11) is 0. The molecule has 1 aromatic heterocycles. The molecule has 1 fully saturated rings. The average molecular weight is 256 g/mol. The van der Waals surface area contributed by atoms with E-state index in [1.165, 1.54) is 24.1 Å². The van der Waals surface area contributed by atoms with Gasteiger partial charge in [-0.15, -0.1) is 0 Å². The summed E-state index contributed by atoms with van der Waals surface area (Å²) in [6, 6.07) is 4.71. The number of fused-ring (bicyclic) bond motifs is 1. The molecule has 4 heteroatoms. The molecule has 0 saturated carbocycles. The van der Waals surface area contributed by atoms with Crippen LogP contribution >= 0.6 is 0 Å². The number of aryl methyl sites for hydroxylation is 2. The van der Waals surface area contributed by atoms with Crippen molar-refractivity contribution in [1.82, 2.24) is 4.98 Å². The lowest BCUT2D eigenvalue weighted by atomic mass is 10.0. The Bertz CT molecular complexity index is 518. The molecule has 1 aromatic rings. The molecule has 2 N–H and O–H groups in total. The van der Waals surface area contributed by atoms with E-state index in [2.05, 4.69) is 11.0 Å². The second-order valence-electron chi connectivity index (χ2n) is 5.51. The number of piperidine rings is 1. The molecule has 100 valence electrons. The molecule has 19 heavy (non-hydrogen) atoms. The van der Waals surface area contributed by atoms with Gasteiger partial charge in [0.05, 0.1) is 5.56 Å². The fourth-order valence-corrected chi connectivity index (χ4v) is 3.29. The van der Waals surface area contributed by atoms with Crippen LogP contribution in [0, 0.1) is 11.3 Å². The van der Waals surface area contributed by atoms with Crippen molar-refractivity contribution in [2.75, 3.05) is 18.0 Å². The third-order valence-corrected chi connectivity index (χ3v) is 4.32. The Labute approximate surface area is 114 Å². The number of nitriles is 1. The van der Waals surface area contributed by atoms with Gasteiger partial charge in [0, 0.05) is 24.8 Å². The fraction of sp³-hybridized carbons (Fsp3) is 0.600. The predicted molar refractivity (Wildman–Crippen MR) is 75.0 cm³/mol. The SMILES string of the molecule is N#Cc1cc2c(nc1N1CCCCC1CN)CCC2. The van der Waals surface area contributed by atoms with Crippen molar-refractivity contribution < 1.29 is 0 Å². The highest BCUT2D eigenvalue weighted by Crippen LogP contribution is 2.30. The van der Waals surface area contributed by atoms with Crippen molar-refractivity contribution in [2.45, 2.75) is 44.6 Å². The molecule has 2 heterocycles. The Hall–Kier alpha value is -1.60. The number of anilines is 1. The van der Waals surface area contributed by atoms with E-state index in [1.54, 1.807) is 0 Å². The number of hydrogen-bond acceptors (Lipinski definition) is 4. The summed E-state index contributed by atoms with van der Waals surface area (Å²) in [6.45, 7) is 1.62. The monoisotopic (exact) mass is 256 g/mol. The van der Waals surface area contributed by atoms with Gasteiger partial charge in [-0.2, -0.15) is 5.26 Å². The zero-order chi connectivity index (χ0) is 13.2. The molecule has 1 atom stereocenters. The van der Waals surface area contributed by atoms with Gasteiger partial charge in [-0.3, -0.25) is 0 Å². The van der Waals surface area contributed by atoms with Gasteiger partial charge in [0.15, 0.2) is 0 Å². The minimum atomic E-state index is 0.341. The van der Waals surface area contributed by atoms with E-state index in [-0.39, 0.29) is 0 Å². The molecule has 1 aliphatic heterocycles. The van der Waals surface area contributed by atoms with E-state index in [1.807, 2.05) is 6.07 Å². The fourth-order valence-electron chi connectivity index (χ4n) is 3.29. The van der Waals surface area contributed by atoms with Crippen LogP contribution in [0.3, 0.4) is 0 Å². The molecule has 1 aliphatic carbocycles. The smallest absolute Gasteiger partial charge is 0.147 e. The standard InChI is InChI=1S/C15H20N4/c16-9-12-8-11-4-3-6-14(11)18-15(12)19-7-2-1-5-13(19)10-17/h8,13H,1-7,10,17H2. The lowest BCUT2D eigenvalue weighted by molar-refractivity contribution is 0.461. The third-order valence-electron chi connectivity index (χ3n) is 4.32. The minimum Gasteiger partial charge on any atom is -0.351 e. The van der Waals surface area contributed by atoms with Crippen LogP contribution in [0.4, 0.5) is 5.82 Å². The summed E-state index contributed by atoms with van der Waals surface area (Å²) < 4.78 is 0. The first-order valence-electron chi connectivity index (χ1n) is 7.23. The Kier molecular flexibility index (Phi) is 3.39. The topological polar surface area (TPSA) is 65.9 Å². The molecule has 3 rings (SSSR count). The van der Waals surface area contributed by atoms with Crippen molar-refractivity contribution in [3.63, 3.8) is 0 Å². The summed E-state index contributed by atoms with van der Waals surface area (Å²) in [6.07, 6.45) is 6.79. The Morgan fingerprint density at radius 3 is 3.05 bits per heavy atom. The number of pyridine rings is 1. The van der Waals surface area contributed by atoms with Gasteiger partial charge in [0.1, 0.15) is 11.9 Å². The molecule has 0 amide bonds. The van der Waals surface area contributed by atoms with Crippen LogP contribution in [-0.4, -0.2) is 24.1 Å². The normalized spacial score (nSPS) is 22.1. The van der Waals surface area contributed by atoms with Crippen molar-refractivity contribution in [3.8, 4) is 6.07 Å². The van der Waals surface area contributed by atoms with Crippen LogP contribution in [0.5, 0.6) is 0 Å². The van der Waals surface area contributed by atoms with Crippen LogP contribution in [0.15, 0.2) is 6.07 Å². The van der Waals surface area contributed by atoms with E-state index >= 15 is 0 Å². The molecule has 0 bridgehead atoms. The van der Waals surface area contributed by atoms with Gasteiger partial charge < -0.3 is 10.6 Å². The maximum absolute atomic E-state index is 9.39. The molecule has 0 radical (unpaired) electrons. The number of rotatable bonds is 2. The highest BCUT2D eigenvalue weighted by atomic mass is 15.2. The Morgan fingerprint density at radius 1 is 1.37 bits per heavy atom. The largest absolute Gasteiger partial charge is 0.351 e. The summed E-state index contributed by atoms with van der Waals surface area (Å²) in [5, 5.41) is 9.39. The van der Waals surface area contributed by atoms with Gasteiger partial charge >= 0.3 is 0 Å². The first kappa shape index (κ1) is 12.4. The van der Waals surface area contributed by atoms with Crippen LogP contribution in [0.1, 0.15) is 42.5 Å². The van der Waals surface area contributed by atoms with Gasteiger partial charge in [0.25, 0.3) is 0 Å². The Morgan fingerprint density at radius 2 is 2.26 bits per heavy atom. The maximum Gasteiger partial charge on any atom is 0.147 e. The second-order valence-corrected chi connectivity index (χ2v) is 5.51. The minimum absolute atomic E-state index is 0.341. The van der Waals surface area contributed by atoms with Gasteiger partial charge in [0.2, 0.25) is 0 Å². The van der Waals surface area contributed by atoms with Crippen LogP contribution < -0.4 is 10.6 Å². The zero-order valence-corrected chi connectivity index (χ0v) is 11.2. The quantitative estimate of drug-likeness (QED) is 0.875. The van der Waals surface area contributed by atoms with Crippen molar-refractivity contribution >= 4 is 5.82 Å². The number of hydrogen-bond donors (Lipinski definition) is 1. The molecular formula is C15H20N4. The molecule has 4 nitrogen and oxygen atoms in total. The lowest BCUT2D eigenvalue weighted by Gasteiger charge is -2.36. The first-order valence-corrected chi connectivity index (χ1v) is 7.23. The summed E-state index contributed by atoms with van der Waals surface area (Å²) >= 11 is 0. The summed E-state index contributed by atoms with van der Waals surface area (Å²) in [4.78, 5) is 7.06. The predicted octanol–water partition coefficient (Wildman–Crippen LogP) is 1.76. The van der Waals surface area contributed by atoms with Crippen molar-refractivity contribution in [3.05, 3.63) is 22.9 Å². The maximum atomic E-state index is 9.39. The van der Waals surface area contributed by atoms with Crippen LogP contribution in [0.2, 0.25) is 0 Å². The Balaban J connectivity index is 2.01. The van der Waals surface area contributed by atoms with Crippen molar-refractivity contribution in [2.24, 2.45) is 5.73 Å². The van der Waals surface area contributed by atoms with Crippen LogP contribution in [0.25, 0.3) is 0 Å². The first-order chi connectivity index (χ1) is 9.33. The molecule has 1 saturated heterocycles. The lowest BCUT2D eigenvalue weighted by Crippen LogP contribution is -2.45. The summed E-state index contributed by atoms with van der Waals surface area (Å²) in [5.41, 5.74) is 9.06. The molecule has 1 unspecified atom stereocenters. The summed E-state index contributed by atoms with van der Waals surface area (Å²) in [5.74, 6) is 0.873. The molecule has 0 aromatic carbocycles. The highest BCUT2D eigenvalue weighted by molar-refractivity contribution is 5.57. The second kappa shape index (κ2) is 5.18. The molecule has 0 spiro atoms. The third kappa shape index (κ3) is 2.19. The van der Waals surface area contributed by atoms with Crippen molar-refractivity contribution in [1.29, 1.82) is 5.26 Å². The molecule has 2 aliphatic rings. The van der Waals surface area contributed by atoms with E-state index in [9.17, 15) is 5.26 Å². The zero-order valence-electron chi connectivity index (χ0n) is 11.2. The van der Waals surface area contributed by atoms with E-state index in [0.717, 1.165) is 43.6 Å². The van der Waals surface area contributed by atoms with Gasteiger partial charge in [-0.25, -0.2) is 4.98 Å². The number of aromatic nitrogens is 1. The van der Waals surface area contributed by atoms with Gasteiger partial charge in [-0.1, -0.05) is 0 Å². The number of nitrogens with two attached hydrogens (primary N) is 1. The van der Waals surface area contributed by atoms with E-state index in [0.29, 0.717) is 12.6 Å². The highest BCUT2D eigenvalue weighted by Gasteiger charge is 2.26. The van der Waals surface area contributed by atoms with Gasteiger partial charge in [-0.05, 0) is 50.2 Å². The average Bonchev–Trinajstić information content (AvgIpc) is 2.93. The van der Waals surface area contributed by atoms with Crippen LogP contribution in [-0.2, 0) is 12.8 Å². The van der Waals surface area contributed by atoms with E-state index < -0.39 is 0 Å². The number of nitrogens with zero attached hydrogens (tertiary/aromatic N) is 3. The molecular weight excluding hydrogens is 236 g/mol.